The molecule has 0 unspecified atom stereocenters. The number of hydrogen-bond acceptors (Lipinski definition) is 3. The summed E-state index contributed by atoms with van der Waals surface area (Å²) in [5, 5.41) is 8.53. The van der Waals surface area contributed by atoms with Gasteiger partial charge in [-0.25, -0.2) is 0 Å². The Morgan fingerprint density at radius 3 is 2.38 bits per heavy atom. The Bertz CT molecular complexity index is 649. The van der Waals surface area contributed by atoms with Crippen LogP contribution < -0.4 is 4.90 Å². The zero-order valence-corrected chi connectivity index (χ0v) is 12.6. The van der Waals surface area contributed by atoms with Crippen LogP contribution in [-0.4, -0.2) is 11.1 Å². The van der Waals surface area contributed by atoms with E-state index < -0.39 is 0 Å². The van der Waals surface area contributed by atoms with Crippen molar-refractivity contribution in [1.82, 2.24) is 0 Å². The third-order valence-electron chi connectivity index (χ3n) is 3.53. The van der Waals surface area contributed by atoms with Gasteiger partial charge in [-0.2, -0.15) is 0 Å². The van der Waals surface area contributed by atoms with Crippen molar-refractivity contribution in [2.75, 3.05) is 4.90 Å². The van der Waals surface area contributed by atoms with E-state index >= 15 is 0 Å². The summed E-state index contributed by atoms with van der Waals surface area (Å²) in [5.41, 5.74) is 3.07. The average molecular weight is 296 g/mol. The van der Waals surface area contributed by atoms with E-state index in [4.69, 9.17) is 5.41 Å². The van der Waals surface area contributed by atoms with Gasteiger partial charge in [0.05, 0.1) is 5.69 Å². The Morgan fingerprint density at radius 2 is 1.76 bits per heavy atom. The number of hydrogen-bond donors (Lipinski definition) is 1. The molecule has 2 aromatic carbocycles. The second-order valence-electron chi connectivity index (χ2n) is 5.09. The molecule has 0 aromatic heterocycles. The number of amides is 1. The van der Waals surface area contributed by atoms with Gasteiger partial charge in [0.25, 0.3) is 0 Å². The van der Waals surface area contributed by atoms with Gasteiger partial charge in [-0.05, 0) is 24.6 Å². The van der Waals surface area contributed by atoms with Crippen LogP contribution in [0.4, 0.5) is 5.69 Å². The highest BCUT2D eigenvalue weighted by molar-refractivity contribution is 8.14. The summed E-state index contributed by atoms with van der Waals surface area (Å²) in [4.78, 5) is 13.9. The Morgan fingerprint density at radius 1 is 1.10 bits per heavy atom. The molecule has 1 aliphatic rings. The minimum absolute atomic E-state index is 0.0180. The molecule has 3 rings (SSSR count). The molecule has 0 radical (unpaired) electrons. The number of nitrogens with zero attached hydrogens (tertiary/aromatic N) is 1. The first kappa shape index (κ1) is 13.9. The Kier molecular flexibility index (Phi) is 3.80. The second kappa shape index (κ2) is 5.74. The van der Waals surface area contributed by atoms with Crippen molar-refractivity contribution in [2.24, 2.45) is 0 Å². The molecule has 1 amide bonds. The predicted molar refractivity (Wildman–Crippen MR) is 87.8 cm³/mol. The van der Waals surface area contributed by atoms with Gasteiger partial charge in [0.15, 0.2) is 5.17 Å². The maximum atomic E-state index is 12.4. The van der Waals surface area contributed by atoms with Crippen LogP contribution >= 0.6 is 11.8 Å². The highest BCUT2D eigenvalue weighted by Gasteiger charge is 2.32. The Balaban J connectivity index is 1.83. The highest BCUT2D eigenvalue weighted by atomic mass is 32.2. The number of aryl methyl sites for hydroxylation is 1. The molecular weight excluding hydrogens is 280 g/mol. The summed E-state index contributed by atoms with van der Waals surface area (Å²) in [6.07, 6.45) is 0.422. The van der Waals surface area contributed by atoms with Gasteiger partial charge in [0, 0.05) is 11.7 Å². The van der Waals surface area contributed by atoms with E-state index in [1.165, 1.54) is 22.2 Å². The summed E-state index contributed by atoms with van der Waals surface area (Å²) < 4.78 is 0. The van der Waals surface area contributed by atoms with E-state index in [-0.39, 0.29) is 11.2 Å². The van der Waals surface area contributed by atoms with Crippen LogP contribution in [0.3, 0.4) is 0 Å². The molecule has 106 valence electrons. The van der Waals surface area contributed by atoms with Crippen LogP contribution in [0.5, 0.6) is 0 Å². The lowest BCUT2D eigenvalue weighted by Gasteiger charge is -2.31. The van der Waals surface area contributed by atoms with Crippen molar-refractivity contribution >= 4 is 28.5 Å². The van der Waals surface area contributed by atoms with E-state index in [0.29, 0.717) is 11.6 Å². The van der Waals surface area contributed by atoms with Gasteiger partial charge < -0.3 is 0 Å². The second-order valence-corrected chi connectivity index (χ2v) is 6.28. The fourth-order valence-corrected chi connectivity index (χ4v) is 3.50. The molecule has 0 spiro atoms. The number of rotatable bonds is 2. The molecule has 1 fully saturated rings. The molecule has 1 aliphatic heterocycles. The van der Waals surface area contributed by atoms with Crippen LogP contribution in [0.15, 0.2) is 54.6 Å². The lowest BCUT2D eigenvalue weighted by molar-refractivity contribution is -0.117. The van der Waals surface area contributed by atoms with Crippen molar-refractivity contribution in [3.63, 3.8) is 0 Å². The van der Waals surface area contributed by atoms with Gasteiger partial charge in [0.2, 0.25) is 5.91 Å². The summed E-state index contributed by atoms with van der Waals surface area (Å²) in [7, 11) is 0. The number of carbonyl (C=O) groups is 1. The number of nitrogens with one attached hydrogen (secondary N) is 1. The zero-order valence-electron chi connectivity index (χ0n) is 11.7. The molecule has 3 nitrogen and oxygen atoms in total. The number of benzene rings is 2. The fraction of sp³-hybridized carbons (Fsp3) is 0.176. The topological polar surface area (TPSA) is 44.2 Å². The van der Waals surface area contributed by atoms with Crippen LogP contribution in [0, 0.1) is 12.3 Å². The molecule has 0 saturated carbocycles. The molecule has 0 aliphatic carbocycles. The Labute approximate surface area is 128 Å². The first-order valence-electron chi connectivity index (χ1n) is 6.85. The van der Waals surface area contributed by atoms with E-state index in [2.05, 4.69) is 0 Å². The standard InChI is InChI=1S/C17H16N2OS/c1-12-7-9-13(10-8-12)15-11-16(20)19(17(18)21-15)14-5-3-2-4-6-14/h2-10,15,18H,11H2,1H3/t15-/m0/s1. The van der Waals surface area contributed by atoms with Gasteiger partial charge in [-0.1, -0.05) is 59.8 Å². The SMILES string of the molecule is Cc1ccc([C@@H]2CC(=O)N(c3ccccc3)C(=N)S2)cc1. The fourth-order valence-electron chi connectivity index (χ4n) is 2.40. The van der Waals surface area contributed by atoms with E-state index in [0.717, 1.165) is 11.3 Å². The quantitative estimate of drug-likeness (QED) is 0.905. The smallest absolute Gasteiger partial charge is 0.234 e. The number of anilines is 1. The third-order valence-corrected chi connectivity index (χ3v) is 4.66. The first-order valence-corrected chi connectivity index (χ1v) is 7.73. The van der Waals surface area contributed by atoms with Crippen molar-refractivity contribution < 1.29 is 4.79 Å². The number of carbonyl (C=O) groups excluding carboxylic acids is 1. The molecular formula is C17H16N2OS. The molecule has 0 bridgehead atoms. The van der Waals surface area contributed by atoms with Gasteiger partial charge in [-0.15, -0.1) is 0 Å². The molecule has 2 aromatic rings. The van der Waals surface area contributed by atoms with Crippen LogP contribution in [0.2, 0.25) is 0 Å². The van der Waals surface area contributed by atoms with E-state index in [1.807, 2.05) is 61.5 Å². The molecule has 21 heavy (non-hydrogen) atoms. The highest BCUT2D eigenvalue weighted by Crippen LogP contribution is 2.39. The maximum Gasteiger partial charge on any atom is 0.234 e. The van der Waals surface area contributed by atoms with E-state index in [1.54, 1.807) is 0 Å². The molecule has 4 heteroatoms. The molecule has 1 N–H and O–H groups in total. The lowest BCUT2D eigenvalue weighted by atomic mass is 10.1. The summed E-state index contributed by atoms with van der Waals surface area (Å²) in [6.45, 7) is 2.04. The van der Waals surface area contributed by atoms with Gasteiger partial charge in [0.1, 0.15) is 0 Å². The van der Waals surface area contributed by atoms with Crippen molar-refractivity contribution in [3.8, 4) is 0 Å². The first-order chi connectivity index (χ1) is 10.1. The van der Waals surface area contributed by atoms with Crippen molar-refractivity contribution in [2.45, 2.75) is 18.6 Å². The molecule has 1 saturated heterocycles. The summed E-state index contributed by atoms with van der Waals surface area (Å²) in [5.74, 6) is -0.0180. The van der Waals surface area contributed by atoms with Crippen molar-refractivity contribution in [3.05, 3.63) is 65.7 Å². The predicted octanol–water partition coefficient (Wildman–Crippen LogP) is 4.14. The Hall–Kier alpha value is -2.07. The van der Waals surface area contributed by atoms with Crippen LogP contribution in [0.1, 0.15) is 22.8 Å². The minimum atomic E-state index is -0.0180. The van der Waals surface area contributed by atoms with Crippen LogP contribution in [-0.2, 0) is 4.79 Å². The number of amidine groups is 1. The molecule has 1 heterocycles. The zero-order chi connectivity index (χ0) is 14.8. The summed E-state index contributed by atoms with van der Waals surface area (Å²) in [6, 6.07) is 17.6. The third kappa shape index (κ3) is 2.85. The van der Waals surface area contributed by atoms with Crippen LogP contribution in [0.25, 0.3) is 0 Å². The van der Waals surface area contributed by atoms with Gasteiger partial charge in [-0.3, -0.25) is 15.1 Å². The summed E-state index contributed by atoms with van der Waals surface area (Å²) >= 11 is 1.44. The average Bonchev–Trinajstić information content (AvgIpc) is 2.48. The minimum Gasteiger partial charge on any atom is -0.278 e. The normalized spacial score (nSPS) is 18.9. The number of para-hydroxylation sites is 1. The molecule has 1 atom stereocenters. The van der Waals surface area contributed by atoms with E-state index in [9.17, 15) is 4.79 Å². The number of thioether (sulfide) groups is 1. The maximum absolute atomic E-state index is 12.4. The van der Waals surface area contributed by atoms with Crippen molar-refractivity contribution in [1.29, 1.82) is 5.41 Å². The van der Waals surface area contributed by atoms with Gasteiger partial charge >= 0.3 is 0 Å². The lowest BCUT2D eigenvalue weighted by Crippen LogP contribution is -2.39. The monoisotopic (exact) mass is 296 g/mol. The largest absolute Gasteiger partial charge is 0.278 e.